The van der Waals surface area contributed by atoms with Crippen molar-refractivity contribution in [3.05, 3.63) is 17.5 Å². The zero-order valence-electron chi connectivity index (χ0n) is 14.9. The first kappa shape index (κ1) is 20.7. The van der Waals surface area contributed by atoms with Crippen LogP contribution in [-0.4, -0.2) is 49.6 Å². The number of aryl methyl sites for hydroxylation is 1. The first-order valence-corrected chi connectivity index (χ1v) is 8.05. The van der Waals surface area contributed by atoms with Crippen LogP contribution in [0.4, 0.5) is 0 Å². The quantitative estimate of drug-likeness (QED) is 0.408. The molecule has 1 aromatic rings. The highest BCUT2D eigenvalue weighted by molar-refractivity contribution is 14.0. The first-order chi connectivity index (χ1) is 11.0. The Hall–Kier alpha value is -1.32. The van der Waals surface area contributed by atoms with E-state index >= 15 is 0 Å². The van der Waals surface area contributed by atoms with Gasteiger partial charge in [0.1, 0.15) is 0 Å². The second-order valence-electron chi connectivity index (χ2n) is 6.40. The van der Waals surface area contributed by atoms with Crippen molar-refractivity contribution in [3.8, 4) is 0 Å². The summed E-state index contributed by atoms with van der Waals surface area (Å²) in [6.45, 7) is 2.99. The van der Waals surface area contributed by atoms with Gasteiger partial charge in [-0.05, 0) is 19.8 Å². The molecule has 7 nitrogen and oxygen atoms in total. The lowest BCUT2D eigenvalue weighted by molar-refractivity contribution is -0.138. The van der Waals surface area contributed by atoms with E-state index in [-0.39, 0.29) is 35.3 Å². The summed E-state index contributed by atoms with van der Waals surface area (Å²) in [5, 5.41) is 10.3. The molecular formula is C16H28IN5O2. The van der Waals surface area contributed by atoms with Gasteiger partial charge < -0.3 is 20.1 Å². The van der Waals surface area contributed by atoms with Crippen molar-refractivity contribution < 1.29 is 9.32 Å². The first-order valence-electron chi connectivity index (χ1n) is 8.05. The Kier molecular flexibility index (Phi) is 7.98. The standard InChI is InChI=1S/C16H27N5O2.HI/c1-12-9-13(23-20-12)10-18-15(17-2)19-11-16(7-5-6-8-16)14(22)21(3)4;/h9H,5-8,10-11H2,1-4H3,(H2,17,18,19);1H. The van der Waals surface area contributed by atoms with Crippen LogP contribution < -0.4 is 10.6 Å². The van der Waals surface area contributed by atoms with Gasteiger partial charge in [0.2, 0.25) is 5.91 Å². The molecule has 0 bridgehead atoms. The Bertz CT molecular complexity index is 565. The molecule has 24 heavy (non-hydrogen) atoms. The summed E-state index contributed by atoms with van der Waals surface area (Å²) in [7, 11) is 5.36. The summed E-state index contributed by atoms with van der Waals surface area (Å²) in [4.78, 5) is 18.5. The van der Waals surface area contributed by atoms with E-state index in [0.29, 0.717) is 19.0 Å². The molecule has 0 unspecified atom stereocenters. The van der Waals surface area contributed by atoms with Gasteiger partial charge in [0, 0.05) is 33.8 Å². The molecule has 1 saturated carbocycles. The van der Waals surface area contributed by atoms with Crippen molar-refractivity contribution in [1.29, 1.82) is 0 Å². The number of guanidine groups is 1. The maximum Gasteiger partial charge on any atom is 0.230 e. The van der Waals surface area contributed by atoms with Crippen molar-refractivity contribution >= 4 is 35.8 Å². The summed E-state index contributed by atoms with van der Waals surface area (Å²) in [6, 6.07) is 1.88. The fourth-order valence-corrected chi connectivity index (χ4v) is 3.14. The number of carbonyl (C=O) groups is 1. The van der Waals surface area contributed by atoms with Gasteiger partial charge in [0.15, 0.2) is 11.7 Å². The summed E-state index contributed by atoms with van der Waals surface area (Å²) < 4.78 is 5.17. The van der Waals surface area contributed by atoms with Gasteiger partial charge in [-0.1, -0.05) is 18.0 Å². The molecular weight excluding hydrogens is 421 g/mol. The molecule has 1 aliphatic carbocycles. The highest BCUT2D eigenvalue weighted by atomic mass is 127. The van der Waals surface area contributed by atoms with Gasteiger partial charge >= 0.3 is 0 Å². The minimum Gasteiger partial charge on any atom is -0.359 e. The van der Waals surface area contributed by atoms with E-state index in [1.807, 2.05) is 27.1 Å². The van der Waals surface area contributed by atoms with Crippen molar-refractivity contribution in [1.82, 2.24) is 20.7 Å². The van der Waals surface area contributed by atoms with Crippen molar-refractivity contribution in [2.45, 2.75) is 39.2 Å². The van der Waals surface area contributed by atoms with Crippen LogP contribution in [-0.2, 0) is 11.3 Å². The molecule has 1 amide bonds. The molecule has 2 N–H and O–H groups in total. The summed E-state index contributed by atoms with van der Waals surface area (Å²) in [5.74, 6) is 1.62. The smallest absolute Gasteiger partial charge is 0.230 e. The molecule has 1 fully saturated rings. The Morgan fingerprint density at radius 3 is 2.54 bits per heavy atom. The lowest BCUT2D eigenvalue weighted by atomic mass is 9.84. The number of nitrogens with zero attached hydrogens (tertiary/aromatic N) is 3. The van der Waals surface area contributed by atoms with Gasteiger partial charge in [-0.15, -0.1) is 24.0 Å². The Balaban J connectivity index is 0.00000288. The topological polar surface area (TPSA) is 82.8 Å². The summed E-state index contributed by atoms with van der Waals surface area (Å²) >= 11 is 0. The summed E-state index contributed by atoms with van der Waals surface area (Å²) in [6.07, 6.45) is 4.06. The second kappa shape index (κ2) is 9.24. The number of amides is 1. The number of carbonyl (C=O) groups excluding carboxylic acids is 1. The van der Waals surface area contributed by atoms with Gasteiger partial charge in [-0.2, -0.15) is 0 Å². The maximum absolute atomic E-state index is 12.6. The predicted molar refractivity (Wildman–Crippen MR) is 104 cm³/mol. The van der Waals surface area contributed by atoms with Gasteiger partial charge in [-0.3, -0.25) is 9.79 Å². The van der Waals surface area contributed by atoms with Crippen LogP contribution in [0, 0.1) is 12.3 Å². The van der Waals surface area contributed by atoms with Crippen LogP contribution in [0.15, 0.2) is 15.6 Å². The third-order valence-corrected chi connectivity index (χ3v) is 4.35. The van der Waals surface area contributed by atoms with Gasteiger partial charge in [0.05, 0.1) is 17.7 Å². The zero-order chi connectivity index (χ0) is 16.9. The minimum atomic E-state index is -0.316. The average molecular weight is 449 g/mol. The number of aromatic nitrogens is 1. The largest absolute Gasteiger partial charge is 0.359 e. The third kappa shape index (κ3) is 5.09. The zero-order valence-corrected chi connectivity index (χ0v) is 17.2. The molecule has 8 heteroatoms. The molecule has 136 valence electrons. The number of nitrogens with one attached hydrogen (secondary N) is 2. The minimum absolute atomic E-state index is 0. The third-order valence-electron chi connectivity index (χ3n) is 4.35. The molecule has 0 saturated heterocycles. The van der Waals surface area contributed by atoms with Gasteiger partial charge in [0.25, 0.3) is 0 Å². The monoisotopic (exact) mass is 449 g/mol. The molecule has 1 aromatic heterocycles. The molecule has 0 aromatic carbocycles. The molecule has 0 aliphatic heterocycles. The van der Waals surface area contributed by atoms with E-state index < -0.39 is 0 Å². The van der Waals surface area contributed by atoms with E-state index in [2.05, 4.69) is 20.8 Å². The normalized spacial score (nSPS) is 16.4. The van der Waals surface area contributed by atoms with E-state index in [0.717, 1.165) is 37.1 Å². The van der Waals surface area contributed by atoms with Crippen LogP contribution in [0.5, 0.6) is 0 Å². The van der Waals surface area contributed by atoms with Crippen LogP contribution in [0.25, 0.3) is 0 Å². The van der Waals surface area contributed by atoms with Crippen LogP contribution in [0.2, 0.25) is 0 Å². The fraction of sp³-hybridized carbons (Fsp3) is 0.688. The highest BCUT2D eigenvalue weighted by Gasteiger charge is 2.42. The Labute approximate surface area is 160 Å². The van der Waals surface area contributed by atoms with Crippen molar-refractivity contribution in [2.24, 2.45) is 10.4 Å². The molecule has 0 radical (unpaired) electrons. The molecule has 0 spiro atoms. The fourth-order valence-electron chi connectivity index (χ4n) is 3.14. The molecule has 1 aliphatic rings. The van der Waals surface area contributed by atoms with Crippen molar-refractivity contribution in [2.75, 3.05) is 27.7 Å². The SMILES string of the molecule is CN=C(NCc1cc(C)no1)NCC1(C(=O)N(C)C)CCCC1.I. The number of hydrogen-bond donors (Lipinski definition) is 2. The van der Waals surface area contributed by atoms with Gasteiger partial charge in [-0.25, -0.2) is 0 Å². The number of rotatable bonds is 5. The van der Waals surface area contributed by atoms with E-state index in [9.17, 15) is 4.79 Å². The second-order valence-corrected chi connectivity index (χ2v) is 6.40. The van der Waals surface area contributed by atoms with E-state index in [1.165, 1.54) is 0 Å². The summed E-state index contributed by atoms with van der Waals surface area (Å²) in [5.41, 5.74) is 0.537. The number of halogens is 1. The van der Waals surface area contributed by atoms with Crippen LogP contribution >= 0.6 is 24.0 Å². The Morgan fingerprint density at radius 2 is 2.04 bits per heavy atom. The molecule has 1 heterocycles. The van der Waals surface area contributed by atoms with E-state index in [1.54, 1.807) is 11.9 Å². The Morgan fingerprint density at radius 1 is 1.38 bits per heavy atom. The number of hydrogen-bond acceptors (Lipinski definition) is 4. The number of aliphatic imine (C=N–C) groups is 1. The van der Waals surface area contributed by atoms with Crippen LogP contribution in [0.3, 0.4) is 0 Å². The van der Waals surface area contributed by atoms with Crippen molar-refractivity contribution in [3.63, 3.8) is 0 Å². The predicted octanol–water partition coefficient (Wildman–Crippen LogP) is 1.91. The van der Waals surface area contributed by atoms with E-state index in [4.69, 9.17) is 4.52 Å². The lowest BCUT2D eigenvalue weighted by Gasteiger charge is -2.31. The lowest BCUT2D eigenvalue weighted by Crippen LogP contribution is -2.49. The average Bonchev–Trinajstić information content (AvgIpc) is 3.16. The highest BCUT2D eigenvalue weighted by Crippen LogP contribution is 2.38. The molecule has 2 rings (SSSR count). The maximum atomic E-state index is 12.6. The van der Waals surface area contributed by atoms with Crippen LogP contribution in [0.1, 0.15) is 37.1 Å². The molecule has 0 atom stereocenters.